The smallest absolute Gasteiger partial charge is 0.227 e. The average molecular weight is 453 g/mol. The Balaban J connectivity index is 1.52. The van der Waals surface area contributed by atoms with E-state index in [0.717, 1.165) is 46.0 Å². The summed E-state index contributed by atoms with van der Waals surface area (Å²) in [6.07, 6.45) is 2.23. The molecule has 2 heterocycles. The van der Waals surface area contributed by atoms with Crippen LogP contribution < -0.4 is 10.1 Å². The number of nitrogens with one attached hydrogen (secondary N) is 1. The molecule has 31 heavy (non-hydrogen) atoms. The second-order valence-electron chi connectivity index (χ2n) is 7.52. The monoisotopic (exact) mass is 452 g/mol. The van der Waals surface area contributed by atoms with Gasteiger partial charge < -0.3 is 10.1 Å². The van der Waals surface area contributed by atoms with Gasteiger partial charge in [-0.15, -0.1) is 5.10 Å². The number of allylic oxidation sites excluding steroid dienone is 2. The Bertz CT molecular complexity index is 1190. The standard InChI is InChI=1S/C23H21ClN4O2S/c1-30-16-8-4-7-14(12-16)21-20-18(10-5-11-19(20)29)25-22-26-23(27-28(21)22)31-13-15-6-2-3-9-17(15)24/h2-4,6-9,12,21H,5,10-11,13H2,1H3,(H,25,26,27)/t21-/m1/s1. The molecule has 2 aliphatic rings. The Morgan fingerprint density at radius 2 is 2.10 bits per heavy atom. The van der Waals surface area contributed by atoms with E-state index in [-0.39, 0.29) is 11.8 Å². The zero-order chi connectivity index (χ0) is 21.4. The highest BCUT2D eigenvalue weighted by Gasteiger charge is 2.37. The van der Waals surface area contributed by atoms with Crippen LogP contribution in [0.25, 0.3) is 0 Å². The van der Waals surface area contributed by atoms with Gasteiger partial charge in [0.2, 0.25) is 11.1 Å². The van der Waals surface area contributed by atoms with Gasteiger partial charge in [0.05, 0.1) is 7.11 Å². The molecule has 0 unspecified atom stereocenters. The Kier molecular flexibility index (Phi) is 5.46. The first kappa shape index (κ1) is 20.2. The number of hydrogen-bond acceptors (Lipinski definition) is 6. The lowest BCUT2D eigenvalue weighted by Crippen LogP contribution is -2.31. The highest BCUT2D eigenvalue weighted by Crippen LogP contribution is 2.41. The maximum Gasteiger partial charge on any atom is 0.227 e. The minimum absolute atomic E-state index is 0.160. The maximum absolute atomic E-state index is 12.9. The summed E-state index contributed by atoms with van der Waals surface area (Å²) < 4.78 is 7.25. The van der Waals surface area contributed by atoms with Gasteiger partial charge >= 0.3 is 0 Å². The van der Waals surface area contributed by atoms with Gasteiger partial charge in [0.1, 0.15) is 11.8 Å². The number of carbonyl (C=O) groups is 1. The Labute approximate surface area is 189 Å². The third-order valence-electron chi connectivity index (χ3n) is 5.57. The van der Waals surface area contributed by atoms with Gasteiger partial charge in [0, 0.05) is 28.5 Å². The number of ether oxygens (including phenoxy) is 1. The van der Waals surface area contributed by atoms with Crippen molar-refractivity contribution in [2.24, 2.45) is 0 Å². The van der Waals surface area contributed by atoms with Gasteiger partial charge in [-0.2, -0.15) is 4.98 Å². The molecular formula is C23H21ClN4O2S. The molecule has 3 aromatic rings. The first-order chi connectivity index (χ1) is 15.1. The van der Waals surface area contributed by atoms with Crippen LogP contribution in [0.1, 0.15) is 36.4 Å². The molecule has 1 aromatic heterocycles. The van der Waals surface area contributed by atoms with Gasteiger partial charge in [0.25, 0.3) is 0 Å². The van der Waals surface area contributed by atoms with E-state index in [9.17, 15) is 4.79 Å². The predicted molar refractivity (Wildman–Crippen MR) is 122 cm³/mol. The SMILES string of the molecule is COc1cccc([C@@H]2C3=C(CCCC3=O)Nc3nc(SCc4ccccc4Cl)nn32)c1. The van der Waals surface area contributed by atoms with Crippen LogP contribution in [0.2, 0.25) is 5.02 Å². The van der Waals surface area contributed by atoms with Crippen molar-refractivity contribution in [1.29, 1.82) is 0 Å². The van der Waals surface area contributed by atoms with Crippen molar-refractivity contribution in [2.75, 3.05) is 12.4 Å². The summed E-state index contributed by atoms with van der Waals surface area (Å²) in [5.74, 6) is 2.23. The summed E-state index contributed by atoms with van der Waals surface area (Å²) in [5, 5.41) is 9.51. The van der Waals surface area contributed by atoms with Gasteiger partial charge in [-0.05, 0) is 42.2 Å². The van der Waals surface area contributed by atoms with Crippen LogP contribution in [0.5, 0.6) is 5.75 Å². The molecule has 0 spiro atoms. The van der Waals surface area contributed by atoms with Crippen LogP contribution in [0.3, 0.4) is 0 Å². The first-order valence-electron chi connectivity index (χ1n) is 10.1. The summed E-state index contributed by atoms with van der Waals surface area (Å²) in [6.45, 7) is 0. The lowest BCUT2D eigenvalue weighted by Gasteiger charge is -2.32. The van der Waals surface area contributed by atoms with Crippen LogP contribution in [-0.2, 0) is 10.5 Å². The van der Waals surface area contributed by atoms with Gasteiger partial charge in [0.15, 0.2) is 5.78 Å². The average Bonchev–Trinajstić information content (AvgIpc) is 3.20. The Morgan fingerprint density at radius 1 is 1.23 bits per heavy atom. The van der Waals surface area contributed by atoms with Gasteiger partial charge in [-0.3, -0.25) is 4.79 Å². The number of Topliss-reactive ketones (excluding diaryl/α,β-unsaturated/α-hetero) is 1. The number of anilines is 1. The van der Waals surface area contributed by atoms with Gasteiger partial charge in [-0.1, -0.05) is 53.7 Å². The van der Waals surface area contributed by atoms with Crippen molar-refractivity contribution >= 4 is 35.1 Å². The highest BCUT2D eigenvalue weighted by molar-refractivity contribution is 7.98. The quantitative estimate of drug-likeness (QED) is 0.533. The topological polar surface area (TPSA) is 69.0 Å². The van der Waals surface area contributed by atoms with Crippen LogP contribution in [0.4, 0.5) is 5.95 Å². The number of halogens is 1. The summed E-state index contributed by atoms with van der Waals surface area (Å²) in [7, 11) is 1.64. The zero-order valence-corrected chi connectivity index (χ0v) is 18.5. The van der Waals surface area contributed by atoms with Crippen molar-refractivity contribution in [1.82, 2.24) is 14.8 Å². The number of carbonyl (C=O) groups excluding carboxylic acids is 1. The third-order valence-corrected chi connectivity index (χ3v) is 6.83. The van der Waals surface area contributed by atoms with E-state index in [4.69, 9.17) is 26.4 Å². The molecule has 1 aliphatic heterocycles. The number of thioether (sulfide) groups is 1. The van der Waals surface area contributed by atoms with Crippen molar-refractivity contribution in [2.45, 2.75) is 36.2 Å². The van der Waals surface area contributed by atoms with E-state index >= 15 is 0 Å². The fourth-order valence-corrected chi connectivity index (χ4v) is 5.19. The predicted octanol–water partition coefficient (Wildman–Crippen LogP) is 5.25. The van der Waals surface area contributed by atoms with E-state index in [1.54, 1.807) is 7.11 Å². The minimum atomic E-state index is -0.323. The van der Waals surface area contributed by atoms with Crippen molar-refractivity contribution in [3.63, 3.8) is 0 Å². The molecule has 0 saturated carbocycles. The van der Waals surface area contributed by atoms with E-state index in [1.165, 1.54) is 11.8 Å². The molecule has 1 aliphatic carbocycles. The van der Waals surface area contributed by atoms with Crippen molar-refractivity contribution < 1.29 is 9.53 Å². The first-order valence-corrected chi connectivity index (χ1v) is 11.5. The number of hydrogen-bond donors (Lipinski definition) is 1. The van der Waals surface area contributed by atoms with Crippen molar-refractivity contribution in [3.8, 4) is 5.75 Å². The molecule has 0 radical (unpaired) electrons. The third kappa shape index (κ3) is 3.83. The number of benzene rings is 2. The number of fused-ring (bicyclic) bond motifs is 1. The minimum Gasteiger partial charge on any atom is -0.497 e. The lowest BCUT2D eigenvalue weighted by molar-refractivity contribution is -0.116. The van der Waals surface area contributed by atoms with Crippen LogP contribution in [0.15, 0.2) is 65.0 Å². The number of rotatable bonds is 5. The second kappa shape index (κ2) is 8.40. The lowest BCUT2D eigenvalue weighted by atomic mass is 9.85. The fraction of sp³-hybridized carbons (Fsp3) is 0.261. The molecule has 0 fully saturated rings. The fourth-order valence-electron chi connectivity index (χ4n) is 4.08. The largest absolute Gasteiger partial charge is 0.497 e. The molecule has 158 valence electrons. The molecule has 6 nitrogen and oxygen atoms in total. The molecule has 8 heteroatoms. The molecule has 0 amide bonds. The van der Waals surface area contributed by atoms with E-state index in [1.807, 2.05) is 53.2 Å². The number of nitrogens with zero attached hydrogens (tertiary/aromatic N) is 3. The highest BCUT2D eigenvalue weighted by atomic mass is 35.5. The zero-order valence-electron chi connectivity index (χ0n) is 17.0. The molecule has 0 saturated heterocycles. The molecule has 2 aromatic carbocycles. The van der Waals surface area contributed by atoms with Crippen LogP contribution in [0, 0.1) is 0 Å². The molecule has 5 rings (SSSR count). The number of aromatic nitrogens is 3. The summed E-state index contributed by atoms with van der Waals surface area (Å²) in [6, 6.07) is 15.3. The van der Waals surface area contributed by atoms with E-state index in [0.29, 0.717) is 23.3 Å². The molecule has 0 bridgehead atoms. The Hall–Kier alpha value is -2.77. The van der Waals surface area contributed by atoms with E-state index in [2.05, 4.69) is 5.32 Å². The molecule has 1 N–H and O–H groups in total. The summed E-state index contributed by atoms with van der Waals surface area (Å²) in [4.78, 5) is 17.6. The molecule has 1 atom stereocenters. The summed E-state index contributed by atoms with van der Waals surface area (Å²) >= 11 is 7.82. The second-order valence-corrected chi connectivity index (χ2v) is 8.87. The summed E-state index contributed by atoms with van der Waals surface area (Å²) in [5.41, 5.74) is 3.72. The molecular weight excluding hydrogens is 432 g/mol. The normalized spacial score (nSPS) is 17.7. The maximum atomic E-state index is 12.9. The van der Waals surface area contributed by atoms with E-state index < -0.39 is 0 Å². The van der Waals surface area contributed by atoms with Crippen LogP contribution >= 0.6 is 23.4 Å². The van der Waals surface area contributed by atoms with Crippen molar-refractivity contribution in [3.05, 3.63) is 76.0 Å². The van der Waals surface area contributed by atoms with Gasteiger partial charge in [-0.25, -0.2) is 4.68 Å². The van der Waals surface area contributed by atoms with Crippen LogP contribution in [-0.4, -0.2) is 27.7 Å². The Morgan fingerprint density at radius 3 is 2.94 bits per heavy atom. The number of ketones is 1. The number of methoxy groups -OCH3 is 1.